The number of allylic oxidation sites excluding steroid dienone is 1. The van der Waals surface area contributed by atoms with E-state index in [-0.39, 0.29) is 76.5 Å². The molecule has 12 nitrogen and oxygen atoms in total. The molecule has 5 aliphatic carbocycles. The van der Waals surface area contributed by atoms with Crippen molar-refractivity contribution in [3.8, 4) is 0 Å². The molecule has 0 bridgehead atoms. The van der Waals surface area contributed by atoms with E-state index in [2.05, 4.69) is 72.5 Å². The summed E-state index contributed by atoms with van der Waals surface area (Å²) in [6, 6.07) is 10.3. The number of fused-ring (bicyclic) bond motifs is 7. The number of ether oxygens (including phenoxy) is 7. The highest BCUT2D eigenvalue weighted by Crippen LogP contribution is 2.78. The molecule has 2 saturated heterocycles. The fourth-order valence-electron chi connectivity index (χ4n) is 16.6. The first kappa shape index (κ1) is 52.0. The Hall–Kier alpha value is -3.32. The zero-order chi connectivity index (χ0) is 50.0. The molecule has 20 atom stereocenters. The van der Waals surface area contributed by atoms with Crippen LogP contribution in [0.25, 0.3) is 0 Å². The van der Waals surface area contributed by atoms with Crippen molar-refractivity contribution in [3.05, 3.63) is 48.0 Å². The number of nitrogens with one attached hydrogen (secondary N) is 1. The molecule has 5 saturated carbocycles. The normalized spacial score (nSPS) is 45.9. The molecule has 0 spiro atoms. The maximum atomic E-state index is 14.7. The Morgan fingerprint density at radius 2 is 1.41 bits per heavy atom. The van der Waals surface area contributed by atoms with Gasteiger partial charge < -0.3 is 38.5 Å². The first-order valence-corrected chi connectivity index (χ1v) is 26.5. The summed E-state index contributed by atoms with van der Waals surface area (Å²) in [5.74, 6) is 0.301. The van der Waals surface area contributed by atoms with Crippen LogP contribution in [-0.4, -0.2) is 80.1 Å². The minimum absolute atomic E-state index is 0.0255. The van der Waals surface area contributed by atoms with Crippen LogP contribution in [0.15, 0.2) is 42.5 Å². The van der Waals surface area contributed by atoms with Gasteiger partial charge in [0.2, 0.25) is 5.91 Å². The summed E-state index contributed by atoms with van der Waals surface area (Å²) in [6.45, 7) is 30.2. The summed E-state index contributed by atoms with van der Waals surface area (Å²) in [6.07, 6.45) is 4.80. The third kappa shape index (κ3) is 9.04. The van der Waals surface area contributed by atoms with Crippen LogP contribution in [0.4, 0.5) is 0 Å². The number of carbonyl (C=O) groups excluding carboxylic acids is 4. The second kappa shape index (κ2) is 19.6. The van der Waals surface area contributed by atoms with E-state index >= 15 is 0 Å². The molecule has 0 aromatic heterocycles. The molecule has 8 rings (SSSR count). The van der Waals surface area contributed by atoms with Gasteiger partial charge in [0.05, 0.1) is 30.8 Å². The van der Waals surface area contributed by atoms with Crippen LogP contribution in [0.1, 0.15) is 153 Å². The van der Waals surface area contributed by atoms with E-state index in [1.165, 1.54) is 26.3 Å². The van der Waals surface area contributed by atoms with Crippen molar-refractivity contribution in [2.45, 2.75) is 197 Å². The van der Waals surface area contributed by atoms with Gasteiger partial charge in [0.25, 0.3) is 0 Å². The van der Waals surface area contributed by atoms with Gasteiger partial charge in [-0.05, 0) is 141 Å². The molecule has 2 aliphatic heterocycles. The smallest absolute Gasteiger partial charge is 0.303 e. The summed E-state index contributed by atoms with van der Waals surface area (Å²) >= 11 is 0. The average molecular weight is 960 g/mol. The van der Waals surface area contributed by atoms with E-state index in [1.54, 1.807) is 0 Å². The molecule has 1 N–H and O–H groups in total. The zero-order valence-electron chi connectivity index (χ0n) is 43.9. The van der Waals surface area contributed by atoms with Crippen molar-refractivity contribution in [2.75, 3.05) is 13.2 Å². The van der Waals surface area contributed by atoms with Gasteiger partial charge >= 0.3 is 17.9 Å². The summed E-state index contributed by atoms with van der Waals surface area (Å²) in [5, 5.41) is 3.44. The zero-order valence-corrected chi connectivity index (χ0v) is 43.9. The molecule has 384 valence electrons. The molecule has 69 heavy (non-hydrogen) atoms. The Bertz CT molecular complexity index is 2080. The van der Waals surface area contributed by atoms with Crippen molar-refractivity contribution in [1.82, 2.24) is 5.32 Å². The Morgan fingerprint density at radius 1 is 0.710 bits per heavy atom. The highest BCUT2D eigenvalue weighted by Gasteiger charge is 2.72. The molecule has 7 aliphatic rings. The lowest BCUT2D eigenvalue weighted by Gasteiger charge is -2.73. The molecule has 1 aromatic carbocycles. The summed E-state index contributed by atoms with van der Waals surface area (Å²) in [7, 11) is 0. The van der Waals surface area contributed by atoms with Crippen LogP contribution in [0.5, 0.6) is 0 Å². The Kier molecular flexibility index (Phi) is 14.8. The van der Waals surface area contributed by atoms with Gasteiger partial charge in [-0.1, -0.05) is 91.0 Å². The first-order valence-electron chi connectivity index (χ1n) is 26.5. The van der Waals surface area contributed by atoms with Crippen LogP contribution in [0.3, 0.4) is 0 Å². The standard InChI is InChI=1S/C57H85NO11/c1-32(2)41-21-26-57(52(62)58-29-40-17-15-14-16-18-40)28-27-55(12)42(46(41)57)19-20-44-53(10)24-23-45(54(11,31-64-37(7)59)43(53)22-25-56(44,55)13)68-50-48(34(4)33(3)30-63-50)69-51-49(67-39(9)61)47(66-38(8)60)35(5)36(6)65-51/h14-18,33-36,41-51H,1,19-31H2,2-13H3,(H,58,62)/t33-,34-,35-,36-,41-,42?,43?,44?,45-,46?,47+,48+,49+,50-,51-,53-,54-,55+,56+,57-/m0/s1. The highest BCUT2D eigenvalue weighted by molar-refractivity contribution is 5.84. The van der Waals surface area contributed by atoms with Crippen molar-refractivity contribution < 1.29 is 52.3 Å². The highest BCUT2D eigenvalue weighted by atomic mass is 16.8. The molecule has 1 aromatic rings. The van der Waals surface area contributed by atoms with Gasteiger partial charge in [-0.3, -0.25) is 19.2 Å². The van der Waals surface area contributed by atoms with Crippen LogP contribution >= 0.6 is 0 Å². The van der Waals surface area contributed by atoms with Gasteiger partial charge in [0.15, 0.2) is 18.7 Å². The molecule has 2 heterocycles. The molecule has 7 fully saturated rings. The van der Waals surface area contributed by atoms with E-state index in [0.29, 0.717) is 30.9 Å². The van der Waals surface area contributed by atoms with Crippen LogP contribution < -0.4 is 5.32 Å². The van der Waals surface area contributed by atoms with Crippen LogP contribution in [0, 0.1) is 74.4 Å². The first-order chi connectivity index (χ1) is 32.5. The lowest BCUT2D eigenvalue weighted by molar-refractivity contribution is -0.354. The Balaban J connectivity index is 1.06. The number of esters is 3. The lowest BCUT2D eigenvalue weighted by Crippen LogP contribution is -2.68. The molecule has 4 unspecified atom stereocenters. The van der Waals surface area contributed by atoms with Gasteiger partial charge in [-0.2, -0.15) is 0 Å². The number of hydrogen-bond donors (Lipinski definition) is 1. The van der Waals surface area contributed by atoms with Crippen LogP contribution in [0.2, 0.25) is 0 Å². The van der Waals surface area contributed by atoms with E-state index in [4.69, 9.17) is 33.2 Å². The summed E-state index contributed by atoms with van der Waals surface area (Å²) < 4.78 is 45.0. The van der Waals surface area contributed by atoms with Crippen molar-refractivity contribution >= 4 is 23.8 Å². The van der Waals surface area contributed by atoms with Gasteiger partial charge in [0.1, 0.15) is 12.2 Å². The summed E-state index contributed by atoms with van der Waals surface area (Å²) in [5.41, 5.74) is 1.37. The average Bonchev–Trinajstić information content (AvgIpc) is 3.70. The largest absolute Gasteiger partial charge is 0.465 e. The third-order valence-corrected chi connectivity index (χ3v) is 20.7. The van der Waals surface area contributed by atoms with Crippen LogP contribution in [-0.2, 0) is 58.9 Å². The minimum Gasteiger partial charge on any atom is -0.465 e. The van der Waals surface area contributed by atoms with E-state index in [1.807, 2.05) is 32.0 Å². The Morgan fingerprint density at radius 3 is 2.07 bits per heavy atom. The van der Waals surface area contributed by atoms with E-state index in [0.717, 1.165) is 69.8 Å². The molecule has 1 amide bonds. The number of amides is 1. The SMILES string of the molecule is C=C(C)[C@@H]1CC[C@]2(C(=O)NCc3ccccc3)CC[C@]3(C)C(CCC4[C@@]5(C)CC[C@H](O[C@@H]6OC[C@H](C)[C@H](C)[C@H]6O[C@@H]6O[C@@H](C)[C@H](C)[C@@H](OC(C)=O)[C@H]6OC(C)=O)[C@@](C)(COC(C)=O)C5CC[C@]43C)C12. The molecular formula is C57H85NO11. The maximum absolute atomic E-state index is 14.7. The molecule has 0 radical (unpaired) electrons. The predicted molar refractivity (Wildman–Crippen MR) is 261 cm³/mol. The monoisotopic (exact) mass is 960 g/mol. The number of hydrogen-bond acceptors (Lipinski definition) is 11. The number of benzene rings is 1. The van der Waals surface area contributed by atoms with E-state index in [9.17, 15) is 19.2 Å². The van der Waals surface area contributed by atoms with Crippen molar-refractivity contribution in [1.29, 1.82) is 0 Å². The van der Waals surface area contributed by atoms with Gasteiger partial charge in [-0.25, -0.2) is 0 Å². The lowest BCUT2D eigenvalue weighted by atomic mass is 9.32. The second-order valence-electron chi connectivity index (χ2n) is 24.3. The minimum atomic E-state index is -1.05. The number of carbonyl (C=O) groups is 4. The molecular weight excluding hydrogens is 875 g/mol. The van der Waals surface area contributed by atoms with E-state index < -0.39 is 53.7 Å². The summed E-state index contributed by atoms with van der Waals surface area (Å²) in [4.78, 5) is 52.4. The fraction of sp³-hybridized carbons (Fsp3) is 0.789. The van der Waals surface area contributed by atoms with Gasteiger partial charge in [0, 0.05) is 38.6 Å². The predicted octanol–water partition coefficient (Wildman–Crippen LogP) is 10.1. The number of rotatable bonds is 12. The van der Waals surface area contributed by atoms with Crippen molar-refractivity contribution in [2.24, 2.45) is 74.4 Å². The van der Waals surface area contributed by atoms with Gasteiger partial charge in [-0.15, -0.1) is 0 Å². The quantitative estimate of drug-likeness (QED) is 0.0925. The maximum Gasteiger partial charge on any atom is 0.303 e. The molecule has 12 heteroatoms. The second-order valence-corrected chi connectivity index (χ2v) is 24.3. The Labute approximate surface area is 412 Å². The topological polar surface area (TPSA) is 145 Å². The fourth-order valence-corrected chi connectivity index (χ4v) is 16.6. The van der Waals surface area contributed by atoms with Crippen molar-refractivity contribution in [3.63, 3.8) is 0 Å². The third-order valence-electron chi connectivity index (χ3n) is 20.7.